The van der Waals surface area contributed by atoms with E-state index < -0.39 is 6.61 Å². The summed E-state index contributed by atoms with van der Waals surface area (Å²) in [7, 11) is 0. The Morgan fingerprint density at radius 2 is 1.96 bits per heavy atom. The van der Waals surface area contributed by atoms with Crippen LogP contribution in [-0.2, 0) is 17.8 Å². The van der Waals surface area contributed by atoms with Crippen LogP contribution in [0.25, 0.3) is 17.0 Å². The highest BCUT2D eigenvalue weighted by Gasteiger charge is 2.29. The smallest absolute Gasteiger partial charge is 0.261 e. The standard InChI is InChI=1S/C23H22N2O3/c26-15-19(27)10-6-17-7-11-20-21(14-17)24-22(18-8-9-18)25(23(20)28)13-12-16-4-2-1-3-5-16/h1-7,10-11,14,18,26H,8-9,12-13,15H2/b10-6+. The summed E-state index contributed by atoms with van der Waals surface area (Å²) in [6, 6.07) is 15.5. The van der Waals surface area contributed by atoms with Crippen LogP contribution in [0.1, 0.15) is 35.7 Å². The fourth-order valence-electron chi connectivity index (χ4n) is 3.36. The zero-order valence-electron chi connectivity index (χ0n) is 15.5. The molecule has 1 saturated carbocycles. The first-order valence-electron chi connectivity index (χ1n) is 9.56. The number of aliphatic hydroxyl groups excluding tert-OH is 1. The van der Waals surface area contributed by atoms with Crippen LogP contribution in [0.5, 0.6) is 0 Å². The van der Waals surface area contributed by atoms with E-state index in [1.807, 2.05) is 28.8 Å². The lowest BCUT2D eigenvalue weighted by Gasteiger charge is -2.13. The summed E-state index contributed by atoms with van der Waals surface area (Å²) in [5.74, 6) is 0.854. The SMILES string of the molecule is O=C(/C=C/c1ccc2c(=O)n(CCc3ccccc3)c(C3CC3)nc2c1)CO. The number of benzene rings is 2. The van der Waals surface area contributed by atoms with E-state index in [0.717, 1.165) is 30.7 Å². The molecule has 1 aromatic heterocycles. The van der Waals surface area contributed by atoms with Crippen LogP contribution in [0, 0.1) is 0 Å². The van der Waals surface area contributed by atoms with Gasteiger partial charge in [0.2, 0.25) is 0 Å². The van der Waals surface area contributed by atoms with E-state index in [1.165, 1.54) is 11.6 Å². The zero-order valence-corrected chi connectivity index (χ0v) is 15.5. The van der Waals surface area contributed by atoms with Crippen LogP contribution in [0.3, 0.4) is 0 Å². The summed E-state index contributed by atoms with van der Waals surface area (Å²) >= 11 is 0. The summed E-state index contributed by atoms with van der Waals surface area (Å²) in [5, 5.41) is 9.42. The summed E-state index contributed by atoms with van der Waals surface area (Å²) in [4.78, 5) is 29.2. The Hall–Kier alpha value is -3.05. The molecule has 3 aromatic rings. The van der Waals surface area contributed by atoms with Crippen molar-refractivity contribution in [2.45, 2.75) is 31.7 Å². The maximum absolute atomic E-state index is 13.1. The lowest BCUT2D eigenvalue weighted by molar-refractivity contribution is -0.117. The van der Waals surface area contributed by atoms with Gasteiger partial charge < -0.3 is 5.11 Å². The van der Waals surface area contributed by atoms with Crippen molar-refractivity contribution in [3.63, 3.8) is 0 Å². The van der Waals surface area contributed by atoms with Crippen molar-refractivity contribution in [2.24, 2.45) is 0 Å². The number of hydrogen-bond donors (Lipinski definition) is 1. The second kappa shape index (κ2) is 7.90. The summed E-state index contributed by atoms with van der Waals surface area (Å²) in [6.45, 7) is 0.102. The Morgan fingerprint density at radius 1 is 1.18 bits per heavy atom. The predicted molar refractivity (Wildman–Crippen MR) is 109 cm³/mol. The topological polar surface area (TPSA) is 72.2 Å². The van der Waals surface area contributed by atoms with Crippen molar-refractivity contribution in [3.8, 4) is 0 Å². The van der Waals surface area contributed by atoms with E-state index in [-0.39, 0.29) is 11.3 Å². The number of ketones is 1. The second-order valence-electron chi connectivity index (χ2n) is 7.17. The molecular weight excluding hydrogens is 352 g/mol. The minimum atomic E-state index is -0.514. The van der Waals surface area contributed by atoms with Crippen molar-refractivity contribution >= 4 is 22.8 Å². The second-order valence-corrected chi connectivity index (χ2v) is 7.17. The number of aliphatic hydroxyl groups is 1. The van der Waals surface area contributed by atoms with Gasteiger partial charge in [0.05, 0.1) is 10.9 Å². The molecule has 0 aliphatic heterocycles. The quantitative estimate of drug-likeness (QED) is 0.645. The normalized spacial score (nSPS) is 14.0. The number of hydrogen-bond acceptors (Lipinski definition) is 4. The van der Waals surface area contributed by atoms with Gasteiger partial charge in [-0.2, -0.15) is 0 Å². The third kappa shape index (κ3) is 3.94. The van der Waals surface area contributed by atoms with Crippen molar-refractivity contribution in [3.05, 3.63) is 81.9 Å². The molecule has 0 amide bonds. The number of fused-ring (bicyclic) bond motifs is 1. The van der Waals surface area contributed by atoms with E-state index in [2.05, 4.69) is 12.1 Å². The van der Waals surface area contributed by atoms with E-state index in [9.17, 15) is 9.59 Å². The number of aromatic nitrogens is 2. The van der Waals surface area contributed by atoms with Gasteiger partial charge in [-0.25, -0.2) is 4.98 Å². The van der Waals surface area contributed by atoms with Gasteiger partial charge in [0.1, 0.15) is 12.4 Å². The van der Waals surface area contributed by atoms with Crippen molar-refractivity contribution in [1.29, 1.82) is 0 Å². The first kappa shape index (κ1) is 18.3. The van der Waals surface area contributed by atoms with Crippen LogP contribution in [-0.4, -0.2) is 27.0 Å². The van der Waals surface area contributed by atoms with Crippen molar-refractivity contribution in [2.75, 3.05) is 6.61 Å². The molecule has 0 bridgehead atoms. The number of rotatable bonds is 7. The molecule has 1 fully saturated rings. The van der Waals surface area contributed by atoms with Crippen LogP contribution >= 0.6 is 0 Å². The first-order chi connectivity index (χ1) is 13.7. The number of nitrogens with zero attached hydrogens (tertiary/aromatic N) is 2. The van der Waals surface area contributed by atoms with Crippen LogP contribution in [0.15, 0.2) is 59.4 Å². The molecule has 5 nitrogen and oxygen atoms in total. The minimum Gasteiger partial charge on any atom is -0.388 e. The van der Waals surface area contributed by atoms with Crippen LogP contribution < -0.4 is 5.56 Å². The Labute approximate surface area is 163 Å². The van der Waals surface area contributed by atoms with Crippen LogP contribution in [0.2, 0.25) is 0 Å². The monoisotopic (exact) mass is 374 g/mol. The lowest BCUT2D eigenvalue weighted by atomic mass is 10.1. The largest absolute Gasteiger partial charge is 0.388 e. The average Bonchev–Trinajstić information content (AvgIpc) is 3.57. The number of carbonyl (C=O) groups excluding carboxylic acids is 1. The molecule has 142 valence electrons. The molecule has 5 heteroatoms. The fraction of sp³-hybridized carbons (Fsp3) is 0.261. The number of aryl methyl sites for hydroxylation is 1. The van der Waals surface area contributed by atoms with Gasteiger partial charge >= 0.3 is 0 Å². The molecule has 1 heterocycles. The van der Waals surface area contributed by atoms with Gasteiger partial charge in [-0.1, -0.05) is 42.5 Å². The Balaban J connectivity index is 1.70. The molecule has 0 atom stereocenters. The van der Waals surface area contributed by atoms with Crippen LogP contribution in [0.4, 0.5) is 0 Å². The molecule has 0 spiro atoms. The van der Waals surface area contributed by atoms with Gasteiger partial charge in [0.25, 0.3) is 5.56 Å². The molecule has 0 unspecified atom stereocenters. The highest BCUT2D eigenvalue weighted by molar-refractivity contribution is 5.94. The molecule has 0 saturated heterocycles. The van der Waals surface area contributed by atoms with E-state index in [1.54, 1.807) is 18.2 Å². The zero-order chi connectivity index (χ0) is 19.5. The number of carbonyl (C=O) groups is 1. The van der Waals surface area contributed by atoms with E-state index in [4.69, 9.17) is 10.1 Å². The molecule has 4 rings (SSSR count). The first-order valence-corrected chi connectivity index (χ1v) is 9.56. The highest BCUT2D eigenvalue weighted by Crippen LogP contribution is 2.39. The van der Waals surface area contributed by atoms with Gasteiger partial charge in [0.15, 0.2) is 5.78 Å². The molecule has 1 aliphatic rings. The van der Waals surface area contributed by atoms with Gasteiger partial charge in [-0.3, -0.25) is 14.2 Å². The van der Waals surface area contributed by atoms with E-state index in [0.29, 0.717) is 23.4 Å². The molecule has 2 aromatic carbocycles. The van der Waals surface area contributed by atoms with E-state index >= 15 is 0 Å². The predicted octanol–water partition coefficient (Wildman–Crippen LogP) is 3.09. The lowest BCUT2D eigenvalue weighted by Crippen LogP contribution is -2.26. The maximum atomic E-state index is 13.1. The van der Waals surface area contributed by atoms with Crippen molar-refractivity contribution < 1.29 is 9.90 Å². The molecule has 28 heavy (non-hydrogen) atoms. The maximum Gasteiger partial charge on any atom is 0.261 e. The third-order valence-electron chi connectivity index (χ3n) is 5.04. The Kier molecular flexibility index (Phi) is 5.17. The highest BCUT2D eigenvalue weighted by atomic mass is 16.3. The minimum absolute atomic E-state index is 0.00945. The summed E-state index contributed by atoms with van der Waals surface area (Å²) in [5.41, 5.74) is 2.63. The van der Waals surface area contributed by atoms with Gasteiger partial charge in [0, 0.05) is 12.5 Å². The fourth-order valence-corrected chi connectivity index (χ4v) is 3.36. The van der Waals surface area contributed by atoms with Gasteiger partial charge in [-0.05, 0) is 48.6 Å². The molecule has 1 N–H and O–H groups in total. The molecular formula is C23H22N2O3. The summed E-state index contributed by atoms with van der Waals surface area (Å²) < 4.78 is 1.83. The van der Waals surface area contributed by atoms with Gasteiger partial charge in [-0.15, -0.1) is 0 Å². The van der Waals surface area contributed by atoms with Crippen molar-refractivity contribution in [1.82, 2.24) is 9.55 Å². The Morgan fingerprint density at radius 3 is 2.68 bits per heavy atom. The molecule has 0 radical (unpaired) electrons. The summed E-state index contributed by atoms with van der Waals surface area (Å²) in [6.07, 6.45) is 5.89. The average molecular weight is 374 g/mol. The molecule has 1 aliphatic carbocycles. The Bertz CT molecular complexity index is 1100. The third-order valence-corrected chi connectivity index (χ3v) is 5.04.